The number of nitrogens with zero attached hydrogens (tertiary/aromatic N) is 2. The van der Waals surface area contributed by atoms with Crippen LogP contribution in [0.3, 0.4) is 0 Å². The van der Waals surface area contributed by atoms with Crippen molar-refractivity contribution in [3.63, 3.8) is 0 Å². The molecular formula is C18H29N3O3. The summed E-state index contributed by atoms with van der Waals surface area (Å²) >= 11 is 0. The number of hydrogen-bond acceptors (Lipinski definition) is 3. The minimum atomic E-state index is -1.08. The lowest BCUT2D eigenvalue weighted by Gasteiger charge is -2.37. The van der Waals surface area contributed by atoms with Gasteiger partial charge in [0.1, 0.15) is 5.54 Å². The Morgan fingerprint density at radius 1 is 1.33 bits per heavy atom. The quantitative estimate of drug-likeness (QED) is 0.836. The van der Waals surface area contributed by atoms with Gasteiger partial charge in [0, 0.05) is 19.2 Å². The molecule has 2 rings (SSSR count). The van der Waals surface area contributed by atoms with E-state index >= 15 is 0 Å². The normalized spacial score (nSPS) is 23.9. The maximum Gasteiger partial charge on any atom is 0.329 e. The molecule has 1 fully saturated rings. The lowest BCUT2D eigenvalue weighted by atomic mass is 9.75. The van der Waals surface area contributed by atoms with Gasteiger partial charge in [0.15, 0.2) is 0 Å². The van der Waals surface area contributed by atoms with Gasteiger partial charge in [-0.1, -0.05) is 13.3 Å². The van der Waals surface area contributed by atoms with Crippen molar-refractivity contribution >= 4 is 11.9 Å². The summed E-state index contributed by atoms with van der Waals surface area (Å²) in [5.74, 6) is -0.510. The highest BCUT2D eigenvalue weighted by Gasteiger charge is 2.42. The van der Waals surface area contributed by atoms with Crippen LogP contribution in [0, 0.1) is 19.8 Å². The van der Waals surface area contributed by atoms with E-state index in [4.69, 9.17) is 0 Å². The molecule has 0 atom stereocenters. The molecule has 1 amide bonds. The van der Waals surface area contributed by atoms with Gasteiger partial charge in [0.05, 0.1) is 5.69 Å². The summed E-state index contributed by atoms with van der Waals surface area (Å²) < 4.78 is 1.81. The van der Waals surface area contributed by atoms with Crippen LogP contribution in [0.4, 0.5) is 0 Å². The van der Waals surface area contributed by atoms with E-state index in [2.05, 4.69) is 17.3 Å². The molecule has 1 saturated carbocycles. The molecule has 0 saturated heterocycles. The van der Waals surface area contributed by atoms with Crippen molar-refractivity contribution in [1.82, 2.24) is 15.1 Å². The molecule has 0 spiro atoms. The molecule has 134 valence electrons. The fourth-order valence-corrected chi connectivity index (χ4v) is 3.72. The summed E-state index contributed by atoms with van der Waals surface area (Å²) in [6, 6.07) is 0. The minimum absolute atomic E-state index is 0.185. The second kappa shape index (κ2) is 7.36. The van der Waals surface area contributed by atoms with Gasteiger partial charge in [-0.25, -0.2) is 4.79 Å². The molecule has 1 aromatic rings. The maximum atomic E-state index is 12.4. The number of carboxylic acids is 1. The van der Waals surface area contributed by atoms with Crippen LogP contribution < -0.4 is 5.32 Å². The Morgan fingerprint density at radius 2 is 1.96 bits per heavy atom. The fourth-order valence-electron chi connectivity index (χ4n) is 3.72. The number of aliphatic carboxylic acids is 1. The van der Waals surface area contributed by atoms with Gasteiger partial charge in [0.2, 0.25) is 5.91 Å². The molecule has 1 heterocycles. The highest BCUT2D eigenvalue weighted by molar-refractivity contribution is 5.87. The smallest absolute Gasteiger partial charge is 0.329 e. The number of amides is 1. The van der Waals surface area contributed by atoms with Crippen LogP contribution in [-0.2, 0) is 23.1 Å². The third kappa shape index (κ3) is 3.79. The second-order valence-corrected chi connectivity index (χ2v) is 7.06. The molecule has 0 radical (unpaired) electrons. The fraction of sp³-hybridized carbons (Fsp3) is 0.722. The Bertz CT molecular complexity index is 613. The van der Waals surface area contributed by atoms with Gasteiger partial charge < -0.3 is 10.4 Å². The van der Waals surface area contributed by atoms with Crippen LogP contribution >= 0.6 is 0 Å². The first-order chi connectivity index (χ1) is 11.3. The van der Waals surface area contributed by atoms with Crippen LogP contribution in [0.25, 0.3) is 0 Å². The van der Waals surface area contributed by atoms with Gasteiger partial charge in [-0.2, -0.15) is 5.10 Å². The van der Waals surface area contributed by atoms with Gasteiger partial charge >= 0.3 is 5.97 Å². The molecule has 2 N–H and O–H groups in total. The topological polar surface area (TPSA) is 84.2 Å². The van der Waals surface area contributed by atoms with Crippen molar-refractivity contribution < 1.29 is 14.7 Å². The third-order valence-electron chi connectivity index (χ3n) is 5.59. The Kier molecular flexibility index (Phi) is 5.67. The van der Waals surface area contributed by atoms with Crippen molar-refractivity contribution in [3.05, 3.63) is 17.0 Å². The average molecular weight is 335 g/mol. The van der Waals surface area contributed by atoms with E-state index < -0.39 is 11.5 Å². The number of nitrogens with one attached hydrogen (secondary N) is 1. The lowest BCUT2D eigenvalue weighted by Crippen LogP contribution is -2.56. The zero-order chi connectivity index (χ0) is 17.9. The Balaban J connectivity index is 1.98. The molecule has 0 bridgehead atoms. The molecule has 1 aliphatic carbocycles. The van der Waals surface area contributed by atoms with E-state index in [1.165, 1.54) is 0 Å². The molecule has 6 nitrogen and oxygen atoms in total. The largest absolute Gasteiger partial charge is 0.480 e. The van der Waals surface area contributed by atoms with Crippen LogP contribution in [0.2, 0.25) is 0 Å². The predicted octanol–water partition coefficient (Wildman–Crippen LogP) is 2.51. The maximum absolute atomic E-state index is 12.4. The number of hydrogen-bond donors (Lipinski definition) is 2. The number of aromatic nitrogens is 2. The standard InChI is InChI=1S/C18H29N3O3/c1-5-14-8-10-18(11-9-14,17(23)24)19-16(22)7-6-15-12(2)20-21(4)13(15)3/h14H,5-11H2,1-4H3,(H,19,22)(H,23,24). The molecule has 1 aromatic heterocycles. The lowest BCUT2D eigenvalue weighted by molar-refractivity contribution is -0.149. The van der Waals surface area contributed by atoms with E-state index in [1.807, 2.05) is 25.6 Å². The summed E-state index contributed by atoms with van der Waals surface area (Å²) in [6.07, 6.45) is 4.73. The van der Waals surface area contributed by atoms with E-state index in [9.17, 15) is 14.7 Å². The van der Waals surface area contributed by atoms with Gasteiger partial charge in [-0.15, -0.1) is 0 Å². The van der Waals surface area contributed by atoms with Crippen molar-refractivity contribution in [1.29, 1.82) is 0 Å². The zero-order valence-electron chi connectivity index (χ0n) is 15.2. The third-order valence-corrected chi connectivity index (χ3v) is 5.59. The van der Waals surface area contributed by atoms with E-state index in [0.717, 1.165) is 36.2 Å². The number of carbonyl (C=O) groups excluding carboxylic acids is 1. The number of aryl methyl sites for hydroxylation is 2. The molecule has 0 unspecified atom stereocenters. The van der Waals surface area contributed by atoms with Crippen molar-refractivity contribution in [2.24, 2.45) is 13.0 Å². The van der Waals surface area contributed by atoms with Crippen LogP contribution in [0.5, 0.6) is 0 Å². The summed E-state index contributed by atoms with van der Waals surface area (Å²) in [6.45, 7) is 6.05. The predicted molar refractivity (Wildman–Crippen MR) is 91.8 cm³/mol. The molecule has 1 aliphatic rings. The van der Waals surface area contributed by atoms with Gasteiger partial charge in [-0.3, -0.25) is 9.48 Å². The summed E-state index contributed by atoms with van der Waals surface area (Å²) in [7, 11) is 1.89. The van der Waals surface area contributed by atoms with E-state index in [0.29, 0.717) is 31.6 Å². The molecule has 6 heteroatoms. The monoisotopic (exact) mass is 335 g/mol. The second-order valence-electron chi connectivity index (χ2n) is 7.06. The number of carboxylic acid groups (broad SMARTS) is 1. The molecular weight excluding hydrogens is 306 g/mol. The summed E-state index contributed by atoms with van der Waals surface area (Å²) in [4.78, 5) is 24.1. The number of rotatable bonds is 6. The van der Waals surface area contributed by atoms with Crippen molar-refractivity contribution in [2.75, 3.05) is 0 Å². The first-order valence-corrected chi connectivity index (χ1v) is 8.82. The number of carbonyl (C=O) groups is 2. The van der Waals surface area contributed by atoms with Gasteiger partial charge in [-0.05, 0) is 57.4 Å². The van der Waals surface area contributed by atoms with Crippen LogP contribution in [0.15, 0.2) is 0 Å². The SMILES string of the molecule is CCC1CCC(NC(=O)CCc2c(C)nn(C)c2C)(C(=O)O)CC1. The van der Waals surface area contributed by atoms with Crippen LogP contribution in [-0.4, -0.2) is 32.3 Å². The average Bonchev–Trinajstić information content (AvgIpc) is 2.78. The highest BCUT2D eigenvalue weighted by Crippen LogP contribution is 2.34. The first kappa shape index (κ1) is 18.5. The van der Waals surface area contributed by atoms with Crippen molar-refractivity contribution in [3.8, 4) is 0 Å². The van der Waals surface area contributed by atoms with Gasteiger partial charge in [0.25, 0.3) is 0 Å². The van der Waals surface area contributed by atoms with Crippen LogP contribution in [0.1, 0.15) is 62.4 Å². The minimum Gasteiger partial charge on any atom is -0.480 e. The van der Waals surface area contributed by atoms with E-state index in [-0.39, 0.29) is 5.91 Å². The van der Waals surface area contributed by atoms with Crippen molar-refractivity contribution in [2.45, 2.75) is 71.3 Å². The zero-order valence-corrected chi connectivity index (χ0v) is 15.2. The summed E-state index contributed by atoms with van der Waals surface area (Å²) in [5, 5.41) is 16.8. The Labute approximate surface area is 143 Å². The Hall–Kier alpha value is -1.85. The molecule has 24 heavy (non-hydrogen) atoms. The Morgan fingerprint density at radius 3 is 2.42 bits per heavy atom. The first-order valence-electron chi connectivity index (χ1n) is 8.82. The molecule has 0 aromatic carbocycles. The summed E-state index contributed by atoms with van der Waals surface area (Å²) in [5.41, 5.74) is 1.98. The highest BCUT2D eigenvalue weighted by atomic mass is 16.4. The molecule has 0 aliphatic heterocycles. The van der Waals surface area contributed by atoms with E-state index in [1.54, 1.807) is 0 Å².